The van der Waals surface area contributed by atoms with Gasteiger partial charge in [0.25, 0.3) is 5.91 Å². The molecule has 6 heteroatoms. The first-order valence-electron chi connectivity index (χ1n) is 11.2. The molecule has 0 spiro atoms. The third kappa shape index (κ3) is 5.65. The zero-order chi connectivity index (χ0) is 21.5. The number of carbonyl (C=O) groups is 1. The molecule has 1 saturated carbocycles. The Balaban J connectivity index is 1.90. The fourth-order valence-corrected chi connectivity index (χ4v) is 4.89. The topological polar surface area (TPSA) is 59.0 Å². The van der Waals surface area contributed by atoms with Gasteiger partial charge in [-0.1, -0.05) is 47.3 Å². The third-order valence-electron chi connectivity index (χ3n) is 6.32. The summed E-state index contributed by atoms with van der Waals surface area (Å²) in [5.41, 5.74) is 1.12. The number of ether oxygens (including phenoxy) is 2. The molecule has 1 aliphatic heterocycles. The molecule has 0 unspecified atom stereocenters. The van der Waals surface area contributed by atoms with Crippen molar-refractivity contribution in [3.63, 3.8) is 0 Å². The predicted octanol–water partition coefficient (Wildman–Crippen LogP) is 4.99. The van der Waals surface area contributed by atoms with Gasteiger partial charge >= 0.3 is 0 Å². The summed E-state index contributed by atoms with van der Waals surface area (Å²) in [7, 11) is 1.89. The average molecular weight is 480 g/mol. The van der Waals surface area contributed by atoms with Crippen LogP contribution in [-0.4, -0.2) is 48.5 Å². The lowest BCUT2D eigenvalue weighted by atomic mass is 9.80. The number of nitrogens with zero attached hydrogens (tertiary/aromatic N) is 1. The number of allylic oxidation sites excluding steroid dienone is 1. The maximum atomic E-state index is 13.3. The number of rotatable bonds is 8. The minimum Gasteiger partial charge on any atom is -0.459 e. The Hall–Kier alpha value is -1.37. The number of aliphatic hydroxyl groups is 1. The Labute approximate surface area is 188 Å². The van der Waals surface area contributed by atoms with E-state index in [1.807, 2.05) is 37.1 Å². The Morgan fingerprint density at radius 1 is 1.23 bits per heavy atom. The Morgan fingerprint density at radius 2 is 1.93 bits per heavy atom. The molecule has 0 bridgehead atoms. The van der Waals surface area contributed by atoms with Crippen LogP contribution in [0, 0.1) is 5.92 Å². The fourth-order valence-electron chi connectivity index (χ4n) is 4.63. The highest BCUT2D eigenvalue weighted by Gasteiger charge is 2.39. The summed E-state index contributed by atoms with van der Waals surface area (Å²) in [6.07, 6.45) is 8.62. The van der Waals surface area contributed by atoms with Crippen molar-refractivity contribution in [2.24, 2.45) is 5.92 Å². The van der Waals surface area contributed by atoms with Crippen LogP contribution in [-0.2, 0) is 14.3 Å². The molecule has 1 fully saturated rings. The summed E-state index contributed by atoms with van der Waals surface area (Å²) in [4.78, 5) is 15.2. The maximum absolute atomic E-state index is 13.3. The summed E-state index contributed by atoms with van der Waals surface area (Å²) >= 11 is 3.50. The van der Waals surface area contributed by atoms with E-state index in [2.05, 4.69) is 28.1 Å². The van der Waals surface area contributed by atoms with E-state index < -0.39 is 6.29 Å². The normalized spacial score (nSPS) is 24.8. The molecule has 2 aliphatic rings. The van der Waals surface area contributed by atoms with Crippen LogP contribution >= 0.6 is 15.9 Å². The van der Waals surface area contributed by atoms with Crippen molar-refractivity contribution in [1.29, 1.82) is 0 Å². The van der Waals surface area contributed by atoms with E-state index in [0.717, 1.165) is 29.3 Å². The number of hydrogen-bond donors (Lipinski definition) is 1. The first-order chi connectivity index (χ1) is 14.5. The molecule has 0 aromatic heterocycles. The van der Waals surface area contributed by atoms with Crippen molar-refractivity contribution in [3.8, 4) is 0 Å². The molecule has 1 aromatic carbocycles. The minimum absolute atomic E-state index is 0.00587. The van der Waals surface area contributed by atoms with E-state index in [9.17, 15) is 9.90 Å². The summed E-state index contributed by atoms with van der Waals surface area (Å²) in [6.45, 7) is 2.57. The summed E-state index contributed by atoms with van der Waals surface area (Å²) in [5, 5.41) is 9.40. The first kappa shape index (κ1) is 23.3. The van der Waals surface area contributed by atoms with Gasteiger partial charge in [0.2, 0.25) is 6.29 Å². The number of hydrogen-bond acceptors (Lipinski definition) is 4. The van der Waals surface area contributed by atoms with Crippen LogP contribution in [0.2, 0.25) is 0 Å². The molecule has 166 valence electrons. The van der Waals surface area contributed by atoms with Gasteiger partial charge in [-0.25, -0.2) is 0 Å². The quantitative estimate of drug-likeness (QED) is 0.570. The molecule has 3 atom stereocenters. The number of likely N-dealkylation sites (N-methyl/N-ethyl adjacent to an activating group) is 1. The molecule has 1 N–H and O–H groups in total. The van der Waals surface area contributed by atoms with E-state index in [-0.39, 0.29) is 30.4 Å². The van der Waals surface area contributed by atoms with Crippen LogP contribution in [0.1, 0.15) is 63.4 Å². The van der Waals surface area contributed by atoms with Crippen LogP contribution in [0.25, 0.3) is 0 Å². The number of carbonyl (C=O) groups excluding carboxylic acids is 1. The predicted molar refractivity (Wildman–Crippen MR) is 121 cm³/mol. The lowest BCUT2D eigenvalue weighted by molar-refractivity contribution is -0.170. The smallest absolute Gasteiger partial charge is 0.288 e. The monoisotopic (exact) mass is 479 g/mol. The van der Waals surface area contributed by atoms with Crippen molar-refractivity contribution >= 4 is 21.8 Å². The van der Waals surface area contributed by atoms with Crippen LogP contribution < -0.4 is 0 Å². The van der Waals surface area contributed by atoms with Crippen LogP contribution in [0.5, 0.6) is 0 Å². The second-order valence-electron chi connectivity index (χ2n) is 8.29. The SMILES string of the molecule is CCO[C@H]1OC(C(=O)N(C)C2CCCCC2)=C[C@@H](c2ccc(Br)cc2)[C@@H]1CCCO. The summed E-state index contributed by atoms with van der Waals surface area (Å²) in [5.74, 6) is 0.354. The first-order valence-corrected chi connectivity index (χ1v) is 12.0. The third-order valence-corrected chi connectivity index (χ3v) is 6.85. The largest absolute Gasteiger partial charge is 0.459 e. The molecule has 1 amide bonds. The molecular formula is C24H34BrNO4. The van der Waals surface area contributed by atoms with E-state index in [1.54, 1.807) is 0 Å². The van der Waals surface area contributed by atoms with Gasteiger partial charge in [-0.3, -0.25) is 4.79 Å². The van der Waals surface area contributed by atoms with Crippen molar-refractivity contribution in [2.45, 2.75) is 70.1 Å². The Kier molecular flexibility index (Phi) is 8.78. The molecule has 5 nitrogen and oxygen atoms in total. The molecule has 1 aromatic rings. The van der Waals surface area contributed by atoms with E-state index in [0.29, 0.717) is 18.8 Å². The highest BCUT2D eigenvalue weighted by molar-refractivity contribution is 9.10. The van der Waals surface area contributed by atoms with Gasteiger partial charge in [-0.2, -0.15) is 0 Å². The van der Waals surface area contributed by atoms with E-state index in [4.69, 9.17) is 9.47 Å². The molecule has 0 radical (unpaired) electrons. The summed E-state index contributed by atoms with van der Waals surface area (Å²) < 4.78 is 13.1. The molecule has 30 heavy (non-hydrogen) atoms. The van der Waals surface area contributed by atoms with E-state index >= 15 is 0 Å². The van der Waals surface area contributed by atoms with Gasteiger partial charge in [0, 0.05) is 42.6 Å². The van der Waals surface area contributed by atoms with Gasteiger partial charge in [0.15, 0.2) is 5.76 Å². The van der Waals surface area contributed by atoms with E-state index in [1.165, 1.54) is 19.3 Å². The van der Waals surface area contributed by atoms with Crippen molar-refractivity contribution in [3.05, 3.63) is 46.1 Å². The molecule has 1 aliphatic carbocycles. The number of aliphatic hydroxyl groups excluding tert-OH is 1. The van der Waals surface area contributed by atoms with Gasteiger partial charge in [0.05, 0.1) is 0 Å². The zero-order valence-electron chi connectivity index (χ0n) is 18.1. The Morgan fingerprint density at radius 3 is 2.57 bits per heavy atom. The number of benzene rings is 1. The summed E-state index contributed by atoms with van der Waals surface area (Å²) in [6, 6.07) is 8.48. The highest BCUT2D eigenvalue weighted by atomic mass is 79.9. The minimum atomic E-state index is -0.501. The Bertz CT molecular complexity index is 714. The van der Waals surface area contributed by atoms with Gasteiger partial charge in [-0.15, -0.1) is 0 Å². The van der Waals surface area contributed by atoms with Gasteiger partial charge in [0.1, 0.15) is 0 Å². The van der Waals surface area contributed by atoms with Gasteiger partial charge < -0.3 is 19.5 Å². The van der Waals surface area contributed by atoms with Crippen LogP contribution in [0.3, 0.4) is 0 Å². The lowest BCUT2D eigenvalue weighted by Crippen LogP contribution is -2.43. The van der Waals surface area contributed by atoms with Crippen molar-refractivity contribution in [1.82, 2.24) is 4.90 Å². The number of amides is 1. The van der Waals surface area contributed by atoms with Crippen LogP contribution in [0.15, 0.2) is 40.6 Å². The average Bonchev–Trinajstić information content (AvgIpc) is 2.78. The zero-order valence-corrected chi connectivity index (χ0v) is 19.6. The lowest BCUT2D eigenvalue weighted by Gasteiger charge is -2.39. The fraction of sp³-hybridized carbons (Fsp3) is 0.625. The second kappa shape index (κ2) is 11.3. The van der Waals surface area contributed by atoms with Crippen LogP contribution in [0.4, 0.5) is 0 Å². The maximum Gasteiger partial charge on any atom is 0.288 e. The van der Waals surface area contributed by atoms with Crippen molar-refractivity contribution < 1.29 is 19.4 Å². The van der Waals surface area contributed by atoms with Gasteiger partial charge in [-0.05, 0) is 56.4 Å². The molecular weight excluding hydrogens is 446 g/mol. The number of halogens is 1. The highest BCUT2D eigenvalue weighted by Crippen LogP contribution is 2.40. The molecule has 0 saturated heterocycles. The molecule has 3 rings (SSSR count). The molecule has 1 heterocycles. The van der Waals surface area contributed by atoms with Crippen molar-refractivity contribution in [2.75, 3.05) is 20.3 Å². The standard InChI is InChI=1S/C24H34BrNO4/c1-3-29-24-20(10-7-15-27)21(17-11-13-18(25)14-12-17)16-22(30-24)23(28)26(2)19-8-5-4-6-9-19/h11-14,16,19-21,24,27H,3-10,15H2,1-2H3/t20-,21-,24-/m0/s1. The second-order valence-corrected chi connectivity index (χ2v) is 9.20.